The number of nitrogen functional groups attached to an aromatic ring is 1. The monoisotopic (exact) mass is 417 g/mol. The van der Waals surface area contributed by atoms with Gasteiger partial charge in [0.2, 0.25) is 0 Å². The molecule has 158 valence electrons. The molecule has 0 saturated heterocycles. The number of benzene rings is 1. The molecular weight excluding hydrogens is 394 g/mol. The van der Waals surface area contributed by atoms with Gasteiger partial charge >= 0.3 is 5.97 Å². The number of hydrogen-bond donors (Lipinski definition) is 2. The molecule has 7 heteroatoms. The number of ether oxygens (including phenoxy) is 1. The van der Waals surface area contributed by atoms with Crippen LogP contribution < -0.4 is 11.3 Å². The Morgan fingerprint density at radius 2 is 2.10 bits per heavy atom. The van der Waals surface area contributed by atoms with Crippen molar-refractivity contribution in [1.29, 1.82) is 0 Å². The van der Waals surface area contributed by atoms with Gasteiger partial charge in [0.1, 0.15) is 6.61 Å². The van der Waals surface area contributed by atoms with E-state index in [2.05, 4.69) is 6.92 Å². The second-order valence-electron chi connectivity index (χ2n) is 8.92. The van der Waals surface area contributed by atoms with Gasteiger partial charge < -0.3 is 20.1 Å². The summed E-state index contributed by atoms with van der Waals surface area (Å²) in [6.07, 6.45) is 2.04. The van der Waals surface area contributed by atoms with Gasteiger partial charge in [-0.05, 0) is 54.5 Å². The van der Waals surface area contributed by atoms with Crippen LogP contribution in [-0.2, 0) is 34.7 Å². The number of fused-ring (bicyclic) bond motifs is 5. The molecule has 6 rings (SSSR count). The highest BCUT2D eigenvalue weighted by atomic mass is 16.6. The van der Waals surface area contributed by atoms with Crippen molar-refractivity contribution in [2.24, 2.45) is 0 Å². The first kappa shape index (κ1) is 18.6. The minimum absolute atomic E-state index is 0.120. The predicted octanol–water partition coefficient (Wildman–Crippen LogP) is 2.71. The highest BCUT2D eigenvalue weighted by molar-refractivity contribution is 5.95. The van der Waals surface area contributed by atoms with Gasteiger partial charge in [-0.25, -0.2) is 9.78 Å². The summed E-state index contributed by atoms with van der Waals surface area (Å²) in [5, 5.41) is 12.2. The summed E-state index contributed by atoms with van der Waals surface area (Å²) in [5.74, 6) is -0.383. The molecule has 0 amide bonds. The molecular formula is C24H23N3O4. The van der Waals surface area contributed by atoms with Crippen LogP contribution in [0, 0.1) is 0 Å². The number of nitrogens with two attached hydrogens (primary N) is 1. The van der Waals surface area contributed by atoms with Gasteiger partial charge in [0.15, 0.2) is 5.60 Å². The number of carbonyl (C=O) groups excluding carboxylic acids is 1. The van der Waals surface area contributed by atoms with Crippen LogP contribution in [0.15, 0.2) is 23.0 Å². The zero-order chi connectivity index (χ0) is 21.7. The van der Waals surface area contributed by atoms with Crippen molar-refractivity contribution in [2.45, 2.75) is 57.8 Å². The largest absolute Gasteiger partial charge is 0.458 e. The molecule has 1 aliphatic carbocycles. The van der Waals surface area contributed by atoms with E-state index < -0.39 is 11.6 Å². The average Bonchev–Trinajstić information content (AvgIpc) is 3.13. The third-order valence-electron chi connectivity index (χ3n) is 7.36. The zero-order valence-electron chi connectivity index (χ0n) is 17.5. The molecule has 0 spiro atoms. The Labute approximate surface area is 178 Å². The minimum atomic E-state index is -1.81. The van der Waals surface area contributed by atoms with Crippen molar-refractivity contribution < 1.29 is 14.6 Å². The Morgan fingerprint density at radius 3 is 2.87 bits per heavy atom. The Morgan fingerprint density at radius 1 is 1.29 bits per heavy atom. The first-order valence-electron chi connectivity index (χ1n) is 10.8. The fraction of sp³-hybridized carbons (Fsp3) is 0.375. The molecule has 1 aromatic carbocycles. The molecule has 2 aliphatic heterocycles. The van der Waals surface area contributed by atoms with E-state index in [9.17, 15) is 14.7 Å². The summed E-state index contributed by atoms with van der Waals surface area (Å²) in [5.41, 5.74) is 11.4. The molecule has 2 aromatic heterocycles. The third-order valence-corrected chi connectivity index (χ3v) is 7.36. The van der Waals surface area contributed by atoms with Crippen LogP contribution in [0.5, 0.6) is 0 Å². The van der Waals surface area contributed by atoms with Crippen LogP contribution in [0.25, 0.3) is 22.3 Å². The van der Waals surface area contributed by atoms with Crippen LogP contribution in [0.4, 0.5) is 5.69 Å². The van der Waals surface area contributed by atoms with E-state index in [4.69, 9.17) is 15.5 Å². The van der Waals surface area contributed by atoms with Crippen molar-refractivity contribution in [2.75, 3.05) is 5.73 Å². The Kier molecular flexibility index (Phi) is 3.56. The highest BCUT2D eigenvalue weighted by Crippen LogP contribution is 2.46. The van der Waals surface area contributed by atoms with Crippen molar-refractivity contribution >= 4 is 22.6 Å². The van der Waals surface area contributed by atoms with Gasteiger partial charge in [-0.2, -0.15) is 0 Å². The van der Waals surface area contributed by atoms with Crippen LogP contribution >= 0.6 is 0 Å². The zero-order valence-corrected chi connectivity index (χ0v) is 17.5. The topological polar surface area (TPSA) is 107 Å². The molecule has 3 N–H and O–H groups in total. The molecule has 0 fully saturated rings. The average molecular weight is 417 g/mol. The number of esters is 1. The van der Waals surface area contributed by atoms with Crippen LogP contribution in [0.1, 0.15) is 60.4 Å². The Balaban J connectivity index is 1.69. The number of carbonyl (C=O) groups is 1. The van der Waals surface area contributed by atoms with Crippen LogP contribution in [0.3, 0.4) is 0 Å². The summed E-state index contributed by atoms with van der Waals surface area (Å²) in [6.45, 7) is 4.22. The maximum absolute atomic E-state index is 13.4. The lowest BCUT2D eigenvalue weighted by Crippen LogP contribution is -2.44. The number of nitrogens with zero attached hydrogens (tertiary/aromatic N) is 2. The molecule has 0 bridgehead atoms. The van der Waals surface area contributed by atoms with Gasteiger partial charge in [-0.3, -0.25) is 4.79 Å². The number of cyclic esters (lactones) is 1. The number of aryl methyl sites for hydroxylation is 1. The molecule has 31 heavy (non-hydrogen) atoms. The minimum Gasteiger partial charge on any atom is -0.458 e. The number of hydrogen-bond acceptors (Lipinski definition) is 6. The SMILES string of the molecule is CC[C@@]1(O)C(=O)OCc2c1cc1n(c2=O)Cc2c-1nc1ccc(N)c3c1c2[C@H](C)CC3. The van der Waals surface area contributed by atoms with Gasteiger partial charge in [0.25, 0.3) is 5.56 Å². The maximum Gasteiger partial charge on any atom is 0.343 e. The fourth-order valence-corrected chi connectivity index (χ4v) is 5.61. The third kappa shape index (κ3) is 2.19. The lowest BCUT2D eigenvalue weighted by Gasteiger charge is -2.31. The lowest BCUT2D eigenvalue weighted by molar-refractivity contribution is -0.172. The number of aromatic nitrogens is 2. The summed E-state index contributed by atoms with van der Waals surface area (Å²) in [4.78, 5) is 30.7. The second kappa shape index (κ2) is 5.95. The number of aliphatic hydroxyl groups is 1. The maximum atomic E-state index is 13.4. The Hall–Kier alpha value is -3.19. The number of pyridine rings is 2. The van der Waals surface area contributed by atoms with Gasteiger partial charge in [0, 0.05) is 22.2 Å². The standard InChI is InChI=1S/C24H23N3O4/c1-3-24(30)15-8-18-21-13(9-27(18)22(28)14(15)10-31-23(24)29)19-11(2)4-5-12-16(25)6-7-17(26-21)20(12)19/h6-8,11,30H,3-5,9-10,25H2,1-2H3/t11-,24+/m1/s1. The van der Waals surface area contributed by atoms with E-state index in [1.54, 1.807) is 17.6 Å². The van der Waals surface area contributed by atoms with Gasteiger partial charge in [-0.1, -0.05) is 13.8 Å². The van der Waals surface area contributed by atoms with Crippen molar-refractivity contribution in [3.8, 4) is 11.4 Å². The highest BCUT2D eigenvalue weighted by Gasteiger charge is 2.45. The van der Waals surface area contributed by atoms with E-state index in [0.717, 1.165) is 46.3 Å². The fourth-order valence-electron chi connectivity index (χ4n) is 5.61. The molecule has 7 nitrogen and oxygen atoms in total. The van der Waals surface area contributed by atoms with Crippen molar-refractivity contribution in [1.82, 2.24) is 9.55 Å². The first-order chi connectivity index (χ1) is 14.8. The quantitative estimate of drug-likeness (QED) is 0.364. The molecule has 2 atom stereocenters. The molecule has 0 saturated carbocycles. The number of anilines is 1. The van der Waals surface area contributed by atoms with E-state index in [0.29, 0.717) is 29.3 Å². The molecule has 4 heterocycles. The normalized spacial score (nSPS) is 23.3. The summed E-state index contributed by atoms with van der Waals surface area (Å²) in [6, 6.07) is 5.61. The molecule has 3 aromatic rings. The molecule has 0 unspecified atom stereocenters. The number of rotatable bonds is 1. The van der Waals surface area contributed by atoms with Crippen molar-refractivity contribution in [3.63, 3.8) is 0 Å². The van der Waals surface area contributed by atoms with Gasteiger partial charge in [0.05, 0.1) is 29.0 Å². The molecule has 3 aliphatic rings. The summed E-state index contributed by atoms with van der Waals surface area (Å²) in [7, 11) is 0. The van der Waals surface area contributed by atoms with E-state index >= 15 is 0 Å². The Bertz CT molecular complexity index is 1390. The van der Waals surface area contributed by atoms with E-state index in [-0.39, 0.29) is 18.6 Å². The lowest BCUT2D eigenvalue weighted by atomic mass is 9.80. The smallest absolute Gasteiger partial charge is 0.343 e. The summed E-state index contributed by atoms with van der Waals surface area (Å²) >= 11 is 0. The van der Waals surface area contributed by atoms with E-state index in [1.807, 2.05) is 12.1 Å². The van der Waals surface area contributed by atoms with Crippen LogP contribution in [-0.4, -0.2) is 20.6 Å². The van der Waals surface area contributed by atoms with Gasteiger partial charge in [-0.15, -0.1) is 0 Å². The first-order valence-corrected chi connectivity index (χ1v) is 10.8. The van der Waals surface area contributed by atoms with E-state index in [1.165, 1.54) is 5.56 Å². The van der Waals surface area contributed by atoms with Crippen LogP contribution in [0.2, 0.25) is 0 Å². The predicted molar refractivity (Wildman–Crippen MR) is 116 cm³/mol. The summed E-state index contributed by atoms with van der Waals surface area (Å²) < 4.78 is 6.86. The molecule has 0 radical (unpaired) electrons. The van der Waals surface area contributed by atoms with Crippen molar-refractivity contribution in [3.05, 3.63) is 56.4 Å². The second-order valence-corrected chi connectivity index (χ2v) is 8.92.